The van der Waals surface area contributed by atoms with Gasteiger partial charge in [-0.1, -0.05) is 12.2 Å². The highest BCUT2D eigenvalue weighted by atomic mass is 32.2. The maximum atomic E-state index is 11.4. The second-order valence-electron chi connectivity index (χ2n) is 4.36. The van der Waals surface area contributed by atoms with Gasteiger partial charge in [-0.3, -0.25) is 4.90 Å². The van der Waals surface area contributed by atoms with Crippen LogP contribution in [0.2, 0.25) is 0 Å². The third-order valence-electron chi connectivity index (χ3n) is 3.30. The number of hydrogen-bond acceptors (Lipinski definition) is 4. The molecule has 2 N–H and O–H groups in total. The average Bonchev–Trinajstić information content (AvgIpc) is 2.69. The first-order chi connectivity index (χ1) is 6.99. The molecule has 2 fully saturated rings. The fourth-order valence-corrected chi connectivity index (χ4v) is 4.56. The molecule has 2 saturated heterocycles. The molecule has 2 aliphatic heterocycles. The van der Waals surface area contributed by atoms with Crippen molar-refractivity contribution < 1.29 is 8.42 Å². The largest absolute Gasteiger partial charge is 0.392 e. The SMILES string of the molecule is NC(=S)C1CCCN1C1CCS(=O)(=O)C1. The summed E-state index contributed by atoms with van der Waals surface area (Å²) in [5, 5.41) is 0. The summed E-state index contributed by atoms with van der Waals surface area (Å²) in [7, 11) is -2.81. The Morgan fingerprint density at radius 1 is 1.40 bits per heavy atom. The molecule has 0 aromatic carbocycles. The molecular weight excluding hydrogens is 232 g/mol. The summed E-state index contributed by atoms with van der Waals surface area (Å²) < 4.78 is 22.8. The number of nitrogens with two attached hydrogens (primary N) is 1. The van der Waals surface area contributed by atoms with Crippen LogP contribution in [-0.2, 0) is 9.84 Å². The van der Waals surface area contributed by atoms with E-state index in [1.807, 2.05) is 0 Å². The standard InChI is InChI=1S/C9H16N2O2S2/c10-9(14)8-2-1-4-11(8)7-3-5-15(12,13)6-7/h7-8H,1-6H2,(H2,10,14). The summed E-state index contributed by atoms with van der Waals surface area (Å²) in [5.74, 6) is 0.602. The van der Waals surface area contributed by atoms with Gasteiger partial charge in [0, 0.05) is 6.04 Å². The van der Waals surface area contributed by atoms with Crippen molar-refractivity contribution in [3.8, 4) is 0 Å². The molecule has 0 bridgehead atoms. The van der Waals surface area contributed by atoms with E-state index in [-0.39, 0.29) is 17.8 Å². The number of nitrogens with zero attached hydrogens (tertiary/aromatic N) is 1. The number of sulfone groups is 1. The van der Waals surface area contributed by atoms with Crippen molar-refractivity contribution in [2.24, 2.45) is 5.73 Å². The van der Waals surface area contributed by atoms with Gasteiger partial charge in [-0.05, 0) is 25.8 Å². The van der Waals surface area contributed by atoms with E-state index < -0.39 is 9.84 Å². The molecule has 6 heteroatoms. The van der Waals surface area contributed by atoms with Crippen LogP contribution in [-0.4, -0.2) is 48.4 Å². The van der Waals surface area contributed by atoms with Crippen LogP contribution >= 0.6 is 12.2 Å². The second kappa shape index (κ2) is 3.99. The molecule has 2 heterocycles. The Hall–Kier alpha value is -0.200. The quantitative estimate of drug-likeness (QED) is 0.693. The molecule has 0 aromatic heterocycles. The highest BCUT2D eigenvalue weighted by Gasteiger charge is 2.38. The molecule has 4 nitrogen and oxygen atoms in total. The van der Waals surface area contributed by atoms with Gasteiger partial charge in [0.15, 0.2) is 9.84 Å². The topological polar surface area (TPSA) is 63.4 Å². The van der Waals surface area contributed by atoms with Gasteiger partial charge in [0.2, 0.25) is 0 Å². The molecule has 0 saturated carbocycles. The molecule has 2 unspecified atom stereocenters. The summed E-state index contributed by atoms with van der Waals surface area (Å²) in [6.07, 6.45) is 2.78. The van der Waals surface area contributed by atoms with E-state index in [2.05, 4.69) is 4.90 Å². The van der Waals surface area contributed by atoms with Crippen LogP contribution in [0.3, 0.4) is 0 Å². The van der Waals surface area contributed by atoms with Gasteiger partial charge in [-0.2, -0.15) is 0 Å². The van der Waals surface area contributed by atoms with E-state index >= 15 is 0 Å². The molecule has 0 aliphatic carbocycles. The van der Waals surface area contributed by atoms with Gasteiger partial charge < -0.3 is 5.73 Å². The summed E-state index contributed by atoms with van der Waals surface area (Å²) in [6.45, 7) is 0.933. The third kappa shape index (κ3) is 2.32. The highest BCUT2D eigenvalue weighted by molar-refractivity contribution is 7.91. The normalized spacial score (nSPS) is 35.7. The molecule has 0 radical (unpaired) electrons. The van der Waals surface area contributed by atoms with Crippen molar-refractivity contribution >= 4 is 27.0 Å². The lowest BCUT2D eigenvalue weighted by Gasteiger charge is -2.28. The van der Waals surface area contributed by atoms with Crippen LogP contribution in [0.5, 0.6) is 0 Å². The number of thiocarbonyl (C=S) groups is 1. The van der Waals surface area contributed by atoms with Gasteiger partial charge in [-0.15, -0.1) is 0 Å². The Balaban J connectivity index is 2.08. The lowest BCUT2D eigenvalue weighted by atomic mass is 10.1. The van der Waals surface area contributed by atoms with Crippen LogP contribution in [0.4, 0.5) is 0 Å². The van der Waals surface area contributed by atoms with E-state index in [1.54, 1.807) is 0 Å². The minimum absolute atomic E-state index is 0.123. The van der Waals surface area contributed by atoms with Crippen molar-refractivity contribution in [3.05, 3.63) is 0 Å². The van der Waals surface area contributed by atoms with Crippen LogP contribution in [0.25, 0.3) is 0 Å². The fraction of sp³-hybridized carbons (Fsp3) is 0.889. The lowest BCUT2D eigenvalue weighted by Crippen LogP contribution is -2.45. The molecule has 2 aliphatic rings. The first-order valence-electron chi connectivity index (χ1n) is 5.25. The second-order valence-corrected chi connectivity index (χ2v) is 7.06. The zero-order valence-corrected chi connectivity index (χ0v) is 10.2. The average molecular weight is 248 g/mol. The van der Waals surface area contributed by atoms with E-state index in [0.717, 1.165) is 25.8 Å². The van der Waals surface area contributed by atoms with Crippen molar-refractivity contribution in [1.29, 1.82) is 0 Å². The van der Waals surface area contributed by atoms with Gasteiger partial charge in [0.1, 0.15) is 0 Å². The van der Waals surface area contributed by atoms with Crippen molar-refractivity contribution in [2.75, 3.05) is 18.1 Å². The summed E-state index contributed by atoms with van der Waals surface area (Å²) >= 11 is 5.01. The Morgan fingerprint density at radius 3 is 2.67 bits per heavy atom. The molecular formula is C9H16N2O2S2. The maximum Gasteiger partial charge on any atom is 0.151 e. The molecule has 0 aromatic rings. The maximum absolute atomic E-state index is 11.4. The zero-order chi connectivity index (χ0) is 11.1. The number of likely N-dealkylation sites (tertiary alicyclic amines) is 1. The Bertz CT molecular complexity index is 366. The Labute approximate surface area is 95.7 Å². The van der Waals surface area contributed by atoms with Crippen molar-refractivity contribution in [1.82, 2.24) is 4.90 Å². The predicted molar refractivity (Wildman–Crippen MR) is 63.6 cm³/mol. The predicted octanol–water partition coefficient (Wildman–Crippen LogP) is -0.0760. The molecule has 2 rings (SSSR count). The first kappa shape index (κ1) is 11.3. The monoisotopic (exact) mass is 248 g/mol. The van der Waals surface area contributed by atoms with Gasteiger partial charge in [-0.25, -0.2) is 8.42 Å². The fourth-order valence-electron chi connectivity index (χ4n) is 2.57. The zero-order valence-electron chi connectivity index (χ0n) is 8.55. The molecule has 86 valence electrons. The van der Waals surface area contributed by atoms with E-state index in [1.165, 1.54) is 0 Å². The third-order valence-corrected chi connectivity index (χ3v) is 5.32. The van der Waals surface area contributed by atoms with Crippen molar-refractivity contribution in [3.63, 3.8) is 0 Å². The summed E-state index contributed by atoms with van der Waals surface area (Å²) in [6, 6.07) is 0.266. The van der Waals surface area contributed by atoms with E-state index in [0.29, 0.717) is 10.7 Å². The first-order valence-corrected chi connectivity index (χ1v) is 7.48. The van der Waals surface area contributed by atoms with Crippen LogP contribution in [0.1, 0.15) is 19.3 Å². The van der Waals surface area contributed by atoms with Crippen LogP contribution in [0, 0.1) is 0 Å². The van der Waals surface area contributed by atoms with Gasteiger partial charge in [0.25, 0.3) is 0 Å². The van der Waals surface area contributed by atoms with Gasteiger partial charge >= 0.3 is 0 Å². The molecule has 0 spiro atoms. The summed E-state index contributed by atoms with van der Waals surface area (Å²) in [5.41, 5.74) is 5.66. The molecule has 2 atom stereocenters. The number of hydrogen-bond donors (Lipinski definition) is 1. The minimum atomic E-state index is -2.81. The lowest BCUT2D eigenvalue weighted by molar-refractivity contribution is 0.234. The highest BCUT2D eigenvalue weighted by Crippen LogP contribution is 2.26. The Morgan fingerprint density at radius 2 is 2.13 bits per heavy atom. The number of rotatable bonds is 2. The summed E-state index contributed by atoms with van der Waals surface area (Å²) in [4.78, 5) is 2.70. The Kier molecular flexibility index (Phi) is 3.00. The molecule has 0 amide bonds. The van der Waals surface area contributed by atoms with Crippen LogP contribution < -0.4 is 5.73 Å². The minimum Gasteiger partial charge on any atom is -0.392 e. The van der Waals surface area contributed by atoms with Gasteiger partial charge in [0.05, 0.1) is 22.5 Å². The smallest absolute Gasteiger partial charge is 0.151 e. The van der Waals surface area contributed by atoms with Crippen molar-refractivity contribution in [2.45, 2.75) is 31.3 Å². The molecule has 15 heavy (non-hydrogen) atoms. The van der Waals surface area contributed by atoms with E-state index in [9.17, 15) is 8.42 Å². The van der Waals surface area contributed by atoms with E-state index in [4.69, 9.17) is 18.0 Å². The van der Waals surface area contributed by atoms with Crippen LogP contribution in [0.15, 0.2) is 0 Å².